The summed E-state index contributed by atoms with van der Waals surface area (Å²) in [6.07, 6.45) is 2.03. The molecule has 5 nitrogen and oxygen atoms in total. The third-order valence-electron chi connectivity index (χ3n) is 4.01. The Morgan fingerprint density at radius 2 is 2.05 bits per heavy atom. The van der Waals surface area contributed by atoms with Crippen LogP contribution in [0.5, 0.6) is 0 Å². The van der Waals surface area contributed by atoms with Crippen molar-refractivity contribution >= 4 is 6.09 Å². The molecule has 1 fully saturated rings. The van der Waals surface area contributed by atoms with Crippen molar-refractivity contribution in [2.45, 2.75) is 53.1 Å². The Bertz CT molecular complexity index is 320. The van der Waals surface area contributed by atoms with Gasteiger partial charge in [-0.15, -0.1) is 0 Å². The van der Waals surface area contributed by atoms with Crippen molar-refractivity contribution in [3.63, 3.8) is 0 Å². The molecule has 1 aliphatic rings. The van der Waals surface area contributed by atoms with Gasteiger partial charge < -0.3 is 20.1 Å². The van der Waals surface area contributed by atoms with Gasteiger partial charge in [-0.3, -0.25) is 0 Å². The third kappa shape index (κ3) is 8.59. The van der Waals surface area contributed by atoms with Gasteiger partial charge in [0.15, 0.2) is 0 Å². The Kier molecular flexibility index (Phi) is 8.18. The molecule has 0 saturated carbocycles. The van der Waals surface area contributed by atoms with Crippen LogP contribution in [0.15, 0.2) is 0 Å². The quantitative estimate of drug-likeness (QED) is 0.676. The van der Waals surface area contributed by atoms with E-state index in [1.165, 1.54) is 12.8 Å². The summed E-state index contributed by atoms with van der Waals surface area (Å²) < 4.78 is 10.7. The predicted molar refractivity (Wildman–Crippen MR) is 89.0 cm³/mol. The minimum Gasteiger partial charge on any atom is -0.444 e. The van der Waals surface area contributed by atoms with Crippen molar-refractivity contribution in [3.8, 4) is 0 Å². The van der Waals surface area contributed by atoms with Crippen molar-refractivity contribution in [2.24, 2.45) is 17.8 Å². The minimum absolute atomic E-state index is 0.332. The number of amides is 1. The van der Waals surface area contributed by atoms with Crippen LogP contribution in [0.25, 0.3) is 0 Å². The van der Waals surface area contributed by atoms with Gasteiger partial charge in [-0.1, -0.05) is 13.8 Å². The molecule has 22 heavy (non-hydrogen) atoms. The maximum Gasteiger partial charge on any atom is 0.407 e. The normalized spacial score (nSPS) is 20.2. The van der Waals surface area contributed by atoms with Crippen LogP contribution in [-0.2, 0) is 9.47 Å². The first kappa shape index (κ1) is 19.2. The second-order valence-corrected chi connectivity index (χ2v) is 7.61. The number of alkyl carbamates (subject to hydrolysis) is 1. The number of nitrogens with one attached hydrogen (secondary N) is 2. The van der Waals surface area contributed by atoms with E-state index in [1.807, 2.05) is 20.8 Å². The van der Waals surface area contributed by atoms with Crippen molar-refractivity contribution < 1.29 is 14.3 Å². The first-order valence-corrected chi connectivity index (χ1v) is 8.53. The van der Waals surface area contributed by atoms with Crippen molar-refractivity contribution in [1.29, 1.82) is 0 Å². The van der Waals surface area contributed by atoms with E-state index < -0.39 is 5.60 Å². The first-order chi connectivity index (χ1) is 10.3. The highest BCUT2D eigenvalue weighted by molar-refractivity contribution is 5.67. The Hall–Kier alpha value is -0.810. The zero-order valence-corrected chi connectivity index (χ0v) is 14.9. The lowest BCUT2D eigenvalue weighted by Crippen LogP contribution is -2.39. The van der Waals surface area contributed by atoms with E-state index in [9.17, 15) is 4.79 Å². The molecular weight excluding hydrogens is 280 g/mol. The van der Waals surface area contributed by atoms with E-state index >= 15 is 0 Å². The number of hydrogen-bond donors (Lipinski definition) is 2. The van der Waals surface area contributed by atoms with Gasteiger partial charge in [0.1, 0.15) is 5.60 Å². The number of carbonyl (C=O) groups excluding carboxylic acids is 1. The predicted octanol–water partition coefficient (Wildman–Crippen LogP) is 2.80. The summed E-state index contributed by atoms with van der Waals surface area (Å²) in [5.74, 6) is 1.63. The fourth-order valence-corrected chi connectivity index (χ4v) is 2.48. The van der Waals surface area contributed by atoms with E-state index in [0.717, 1.165) is 26.3 Å². The highest BCUT2D eigenvalue weighted by atomic mass is 16.6. The molecule has 1 rings (SSSR count). The van der Waals surface area contributed by atoms with Gasteiger partial charge in [0.05, 0.1) is 0 Å². The van der Waals surface area contributed by atoms with Gasteiger partial charge >= 0.3 is 6.09 Å². The topological polar surface area (TPSA) is 59.6 Å². The summed E-state index contributed by atoms with van der Waals surface area (Å²) in [7, 11) is 0. The highest BCUT2D eigenvalue weighted by Crippen LogP contribution is 2.15. The molecule has 0 aromatic carbocycles. The van der Waals surface area contributed by atoms with Crippen LogP contribution in [0.1, 0.15) is 47.5 Å². The van der Waals surface area contributed by atoms with Gasteiger partial charge in [-0.05, 0) is 64.5 Å². The van der Waals surface area contributed by atoms with Crippen molar-refractivity contribution in [2.75, 3.05) is 32.8 Å². The van der Waals surface area contributed by atoms with Gasteiger partial charge in [-0.25, -0.2) is 4.79 Å². The molecule has 2 unspecified atom stereocenters. The van der Waals surface area contributed by atoms with E-state index in [1.54, 1.807) is 0 Å². The number of carbonyl (C=O) groups is 1. The smallest absolute Gasteiger partial charge is 0.407 e. The van der Waals surface area contributed by atoms with Crippen LogP contribution in [0.3, 0.4) is 0 Å². The summed E-state index contributed by atoms with van der Waals surface area (Å²) in [4.78, 5) is 11.7. The molecule has 1 aliphatic heterocycles. The lowest BCUT2D eigenvalue weighted by molar-refractivity contribution is 0.0515. The molecule has 1 saturated heterocycles. The Morgan fingerprint density at radius 1 is 1.32 bits per heavy atom. The number of rotatable bonds is 8. The molecular formula is C17H34N2O3. The van der Waals surface area contributed by atoms with Crippen LogP contribution in [0.4, 0.5) is 4.79 Å². The molecule has 2 atom stereocenters. The molecule has 2 N–H and O–H groups in total. The summed E-state index contributed by atoms with van der Waals surface area (Å²) in [6.45, 7) is 14.4. The molecule has 0 spiro atoms. The third-order valence-corrected chi connectivity index (χ3v) is 4.01. The largest absolute Gasteiger partial charge is 0.444 e. The van der Waals surface area contributed by atoms with E-state index in [4.69, 9.17) is 9.47 Å². The number of ether oxygens (including phenoxy) is 2. The fraction of sp³-hybridized carbons (Fsp3) is 0.941. The zero-order chi connectivity index (χ0) is 16.6. The van der Waals surface area contributed by atoms with Gasteiger partial charge in [0.2, 0.25) is 0 Å². The molecule has 0 aliphatic carbocycles. The summed E-state index contributed by atoms with van der Waals surface area (Å²) in [5.41, 5.74) is -0.445. The maximum atomic E-state index is 11.7. The fourth-order valence-electron chi connectivity index (χ4n) is 2.48. The molecule has 5 heteroatoms. The molecule has 0 aromatic rings. The second-order valence-electron chi connectivity index (χ2n) is 7.61. The Balaban J connectivity index is 2.19. The van der Waals surface area contributed by atoms with Crippen LogP contribution in [-0.4, -0.2) is 44.5 Å². The Morgan fingerprint density at radius 3 is 2.59 bits per heavy atom. The lowest BCUT2D eigenvalue weighted by Gasteiger charge is -2.24. The van der Waals surface area contributed by atoms with E-state index in [2.05, 4.69) is 24.5 Å². The SMILES string of the molecule is CC(C)C(CNCCC1CCOC1)CNC(=O)OC(C)(C)C. The van der Waals surface area contributed by atoms with Gasteiger partial charge in [-0.2, -0.15) is 0 Å². The minimum atomic E-state index is -0.445. The monoisotopic (exact) mass is 314 g/mol. The standard InChI is InChI=1S/C17H34N2O3/c1-13(2)15(11-19-16(20)22-17(3,4)5)10-18-8-6-14-7-9-21-12-14/h13-15,18H,6-12H2,1-5H3,(H,19,20). The van der Waals surface area contributed by atoms with Crippen molar-refractivity contribution in [1.82, 2.24) is 10.6 Å². The summed E-state index contributed by atoms with van der Waals surface area (Å²) >= 11 is 0. The van der Waals surface area contributed by atoms with Crippen LogP contribution in [0.2, 0.25) is 0 Å². The molecule has 1 heterocycles. The lowest BCUT2D eigenvalue weighted by atomic mass is 9.95. The van der Waals surface area contributed by atoms with E-state index in [-0.39, 0.29) is 6.09 Å². The van der Waals surface area contributed by atoms with Crippen LogP contribution in [0, 0.1) is 17.8 Å². The van der Waals surface area contributed by atoms with Crippen LogP contribution >= 0.6 is 0 Å². The Labute approximate surface area is 135 Å². The molecule has 0 radical (unpaired) electrons. The molecule has 0 aromatic heterocycles. The summed E-state index contributed by atoms with van der Waals surface area (Å²) in [6, 6.07) is 0. The highest BCUT2D eigenvalue weighted by Gasteiger charge is 2.19. The van der Waals surface area contributed by atoms with Crippen LogP contribution < -0.4 is 10.6 Å². The average Bonchev–Trinajstić information content (AvgIpc) is 2.88. The zero-order valence-electron chi connectivity index (χ0n) is 14.9. The van der Waals surface area contributed by atoms with Gasteiger partial charge in [0.25, 0.3) is 0 Å². The average molecular weight is 314 g/mol. The molecule has 130 valence electrons. The second kappa shape index (κ2) is 9.36. The maximum absolute atomic E-state index is 11.7. The molecule has 0 bridgehead atoms. The molecule has 1 amide bonds. The number of hydrogen-bond acceptors (Lipinski definition) is 4. The van der Waals surface area contributed by atoms with Crippen molar-refractivity contribution in [3.05, 3.63) is 0 Å². The summed E-state index contributed by atoms with van der Waals surface area (Å²) in [5, 5.41) is 6.40. The van der Waals surface area contributed by atoms with Gasteiger partial charge in [0, 0.05) is 19.8 Å². The van der Waals surface area contributed by atoms with E-state index in [0.29, 0.717) is 24.3 Å². The first-order valence-electron chi connectivity index (χ1n) is 8.53.